The summed E-state index contributed by atoms with van der Waals surface area (Å²) in [5.41, 5.74) is 0. The Balaban J connectivity index is 1.83. The number of aliphatic imine (C=N–C) groups is 1. The predicted molar refractivity (Wildman–Crippen MR) is 114 cm³/mol. The molecule has 2 aliphatic heterocycles. The van der Waals surface area contributed by atoms with Gasteiger partial charge in [-0.15, -0.1) is 0 Å². The molecule has 0 radical (unpaired) electrons. The van der Waals surface area contributed by atoms with Gasteiger partial charge in [-0.3, -0.25) is 14.5 Å². The van der Waals surface area contributed by atoms with Gasteiger partial charge >= 0.3 is 0 Å². The zero-order valence-electron chi connectivity index (χ0n) is 18.4. The number of piperazine rings is 1. The van der Waals surface area contributed by atoms with Crippen LogP contribution >= 0.6 is 0 Å². The molecule has 0 saturated carbocycles. The second kappa shape index (κ2) is 12.6. The normalized spacial score (nSPS) is 18.2. The molecular formula is C20H38N6O3. The summed E-state index contributed by atoms with van der Waals surface area (Å²) in [5.74, 6) is 0.992. The molecule has 29 heavy (non-hydrogen) atoms. The highest BCUT2D eigenvalue weighted by atomic mass is 16.5. The van der Waals surface area contributed by atoms with E-state index in [9.17, 15) is 9.59 Å². The first-order valence-electron chi connectivity index (χ1n) is 10.8. The van der Waals surface area contributed by atoms with E-state index in [-0.39, 0.29) is 18.4 Å². The van der Waals surface area contributed by atoms with E-state index in [0.29, 0.717) is 13.2 Å². The second-order valence-electron chi connectivity index (χ2n) is 7.76. The number of guanidine groups is 1. The van der Waals surface area contributed by atoms with E-state index >= 15 is 0 Å². The van der Waals surface area contributed by atoms with Crippen LogP contribution in [0.5, 0.6) is 0 Å². The topological polar surface area (TPSA) is 80.7 Å². The molecule has 2 aliphatic rings. The Kier molecular flexibility index (Phi) is 10.2. The van der Waals surface area contributed by atoms with Gasteiger partial charge in [0.15, 0.2) is 5.96 Å². The van der Waals surface area contributed by atoms with Crippen molar-refractivity contribution >= 4 is 17.8 Å². The summed E-state index contributed by atoms with van der Waals surface area (Å²) in [6.07, 6.45) is 3.14. The first kappa shape index (κ1) is 23.4. The molecule has 0 spiro atoms. The number of hydrogen-bond acceptors (Lipinski definition) is 5. The number of ether oxygens (including phenoxy) is 1. The summed E-state index contributed by atoms with van der Waals surface area (Å²) in [5, 5.41) is 3.37. The van der Waals surface area contributed by atoms with Crippen LogP contribution in [0.15, 0.2) is 4.99 Å². The van der Waals surface area contributed by atoms with Crippen molar-refractivity contribution in [1.82, 2.24) is 24.9 Å². The highest BCUT2D eigenvalue weighted by Crippen LogP contribution is 2.09. The largest absolute Gasteiger partial charge is 0.382 e. The van der Waals surface area contributed by atoms with E-state index < -0.39 is 0 Å². The third kappa shape index (κ3) is 8.18. The lowest BCUT2D eigenvalue weighted by atomic mass is 10.3. The van der Waals surface area contributed by atoms with Crippen molar-refractivity contribution in [3.8, 4) is 0 Å². The Labute approximate surface area is 175 Å². The van der Waals surface area contributed by atoms with Crippen molar-refractivity contribution in [3.63, 3.8) is 0 Å². The van der Waals surface area contributed by atoms with Crippen LogP contribution in [0.2, 0.25) is 0 Å². The molecule has 9 nitrogen and oxygen atoms in total. The van der Waals surface area contributed by atoms with E-state index in [0.717, 1.165) is 77.6 Å². The second-order valence-corrected chi connectivity index (χ2v) is 7.76. The molecule has 2 rings (SSSR count). The van der Waals surface area contributed by atoms with Crippen molar-refractivity contribution in [2.24, 2.45) is 4.99 Å². The number of likely N-dealkylation sites (N-methyl/N-ethyl adjacent to an activating group) is 1. The number of hydrogen-bond donors (Lipinski definition) is 1. The van der Waals surface area contributed by atoms with E-state index in [1.54, 1.807) is 19.0 Å². The van der Waals surface area contributed by atoms with E-state index in [4.69, 9.17) is 4.74 Å². The van der Waals surface area contributed by atoms with Gasteiger partial charge in [0, 0.05) is 73.1 Å². The van der Waals surface area contributed by atoms with Crippen LogP contribution in [0.4, 0.5) is 0 Å². The third-order valence-corrected chi connectivity index (χ3v) is 5.31. The number of likely N-dealkylation sites (tertiary alicyclic amines) is 1. The molecule has 2 amide bonds. The van der Waals surface area contributed by atoms with Gasteiger partial charge in [-0.2, -0.15) is 0 Å². The van der Waals surface area contributed by atoms with Crippen LogP contribution in [0.25, 0.3) is 0 Å². The molecule has 0 aromatic carbocycles. The number of rotatable bonds is 9. The Morgan fingerprint density at radius 3 is 2.34 bits per heavy atom. The number of nitrogens with one attached hydrogen (secondary N) is 1. The Hall–Kier alpha value is -1.87. The summed E-state index contributed by atoms with van der Waals surface area (Å²) in [4.78, 5) is 36.8. The number of nitrogens with zero attached hydrogens (tertiary/aromatic N) is 5. The summed E-state index contributed by atoms with van der Waals surface area (Å²) in [7, 11) is 3.48. The summed E-state index contributed by atoms with van der Waals surface area (Å²) in [6, 6.07) is 0. The lowest BCUT2D eigenvalue weighted by Gasteiger charge is -2.36. The highest BCUT2D eigenvalue weighted by Gasteiger charge is 2.24. The summed E-state index contributed by atoms with van der Waals surface area (Å²) in [6.45, 7) is 9.83. The lowest BCUT2D eigenvalue weighted by molar-refractivity contribution is -0.131. The highest BCUT2D eigenvalue weighted by molar-refractivity contribution is 5.85. The molecule has 2 fully saturated rings. The van der Waals surface area contributed by atoms with Gasteiger partial charge in [0.25, 0.3) is 0 Å². The quantitative estimate of drug-likeness (QED) is 0.319. The van der Waals surface area contributed by atoms with Gasteiger partial charge in [-0.25, -0.2) is 4.99 Å². The minimum absolute atomic E-state index is 0.0199. The van der Waals surface area contributed by atoms with Crippen LogP contribution in [0, 0.1) is 0 Å². The summed E-state index contributed by atoms with van der Waals surface area (Å²) >= 11 is 0. The lowest BCUT2D eigenvalue weighted by Crippen LogP contribution is -2.54. The van der Waals surface area contributed by atoms with E-state index in [2.05, 4.69) is 20.1 Å². The fourth-order valence-corrected chi connectivity index (χ4v) is 3.45. The minimum atomic E-state index is -0.0199. The van der Waals surface area contributed by atoms with Gasteiger partial charge in [-0.1, -0.05) is 0 Å². The molecule has 0 aromatic rings. The van der Waals surface area contributed by atoms with Crippen molar-refractivity contribution in [2.45, 2.75) is 26.2 Å². The molecule has 2 saturated heterocycles. The first-order chi connectivity index (χ1) is 14.0. The third-order valence-electron chi connectivity index (χ3n) is 5.31. The smallest absolute Gasteiger partial charge is 0.243 e. The zero-order valence-corrected chi connectivity index (χ0v) is 18.4. The average molecular weight is 411 g/mol. The molecule has 0 aliphatic carbocycles. The van der Waals surface area contributed by atoms with Gasteiger partial charge in [0.2, 0.25) is 11.8 Å². The molecule has 0 aromatic heterocycles. The van der Waals surface area contributed by atoms with Crippen LogP contribution in [0.3, 0.4) is 0 Å². The van der Waals surface area contributed by atoms with E-state index in [1.165, 1.54) is 0 Å². The van der Waals surface area contributed by atoms with Gasteiger partial charge < -0.3 is 24.8 Å². The van der Waals surface area contributed by atoms with E-state index in [1.807, 2.05) is 11.8 Å². The molecule has 2 heterocycles. The maximum Gasteiger partial charge on any atom is 0.243 e. The van der Waals surface area contributed by atoms with Gasteiger partial charge in [-0.05, 0) is 26.2 Å². The number of carbonyl (C=O) groups excluding carboxylic acids is 2. The van der Waals surface area contributed by atoms with Crippen molar-refractivity contribution < 1.29 is 14.3 Å². The molecule has 0 bridgehead atoms. The molecule has 0 atom stereocenters. The molecule has 0 unspecified atom stereocenters. The van der Waals surface area contributed by atoms with Crippen LogP contribution in [-0.4, -0.2) is 124 Å². The Bertz CT molecular complexity index is 540. The fourth-order valence-electron chi connectivity index (χ4n) is 3.45. The van der Waals surface area contributed by atoms with Gasteiger partial charge in [0.05, 0.1) is 6.54 Å². The van der Waals surface area contributed by atoms with Crippen LogP contribution in [-0.2, 0) is 14.3 Å². The van der Waals surface area contributed by atoms with Crippen molar-refractivity contribution in [2.75, 3.05) is 86.2 Å². The maximum absolute atomic E-state index is 12.4. The molecule has 166 valence electrons. The van der Waals surface area contributed by atoms with Crippen LogP contribution < -0.4 is 5.32 Å². The fraction of sp³-hybridized carbons (Fsp3) is 0.850. The predicted octanol–water partition coefficient (Wildman–Crippen LogP) is -0.313. The van der Waals surface area contributed by atoms with Gasteiger partial charge in [0.1, 0.15) is 6.54 Å². The first-order valence-corrected chi connectivity index (χ1v) is 10.8. The standard InChI is InChI=1S/C20H38N6O3/c1-4-29-15-7-8-21-20(22-16-18(27)23(2)3)26-13-11-24(12-14-26)17-19(28)25-9-5-6-10-25/h4-17H2,1-3H3,(H,21,22). The number of amides is 2. The van der Waals surface area contributed by atoms with Crippen molar-refractivity contribution in [1.29, 1.82) is 0 Å². The minimum Gasteiger partial charge on any atom is -0.382 e. The molecule has 1 N–H and O–H groups in total. The Morgan fingerprint density at radius 1 is 1.03 bits per heavy atom. The number of carbonyl (C=O) groups is 2. The summed E-state index contributed by atoms with van der Waals surface area (Å²) < 4.78 is 5.39. The van der Waals surface area contributed by atoms with Crippen molar-refractivity contribution in [3.05, 3.63) is 0 Å². The van der Waals surface area contributed by atoms with Crippen LogP contribution in [0.1, 0.15) is 26.2 Å². The molecule has 9 heteroatoms. The molecular weight excluding hydrogens is 372 g/mol. The SMILES string of the molecule is CCOCCCNC(=NCC(=O)N(C)C)N1CCN(CC(=O)N2CCCC2)CC1. The monoisotopic (exact) mass is 410 g/mol. The average Bonchev–Trinajstić information content (AvgIpc) is 3.25. The maximum atomic E-state index is 12.4. The zero-order chi connectivity index (χ0) is 21.1. The Morgan fingerprint density at radius 2 is 1.72 bits per heavy atom.